The summed E-state index contributed by atoms with van der Waals surface area (Å²) in [5.41, 5.74) is 1.12. The molecule has 0 N–H and O–H groups in total. The lowest BCUT2D eigenvalue weighted by Gasteiger charge is -2.31. The number of hydrogen-bond donors (Lipinski definition) is 0. The van der Waals surface area contributed by atoms with E-state index in [1.165, 1.54) is 28.2 Å². The number of hydrogen-bond acceptors (Lipinski definition) is 6. The number of rotatable bonds is 12. The molecule has 1 heterocycles. The molecule has 8 nitrogen and oxygen atoms in total. The summed E-state index contributed by atoms with van der Waals surface area (Å²) in [5, 5.41) is 0.398. The van der Waals surface area contributed by atoms with Gasteiger partial charge in [-0.1, -0.05) is 31.2 Å². The number of carbonyl (C=O) groups is 3. The first kappa shape index (κ1) is 28.6. The van der Waals surface area contributed by atoms with Gasteiger partial charge >= 0.3 is 5.97 Å². The lowest BCUT2D eigenvalue weighted by Crippen LogP contribution is -2.46. The number of para-hydroxylation sites is 1. The summed E-state index contributed by atoms with van der Waals surface area (Å²) in [5.74, 6) is -1.62. The van der Waals surface area contributed by atoms with E-state index >= 15 is 0 Å². The van der Waals surface area contributed by atoms with Gasteiger partial charge in [0.25, 0.3) is 0 Å². The van der Waals surface area contributed by atoms with E-state index < -0.39 is 17.7 Å². The molecule has 0 radical (unpaired) electrons. The molecule has 1 atom stereocenters. The predicted octanol–water partition coefficient (Wildman–Crippen LogP) is 4.43. The minimum Gasteiger partial charge on any atom is -0.466 e. The topological polar surface area (TPSA) is 97.1 Å². The molecule has 2 aromatic carbocycles. The van der Waals surface area contributed by atoms with E-state index in [2.05, 4.69) is 0 Å². The molecule has 0 fully saturated rings. The third-order valence-electron chi connectivity index (χ3n) is 6.35. The third-order valence-corrected chi connectivity index (χ3v) is 6.35. The van der Waals surface area contributed by atoms with Gasteiger partial charge in [0.05, 0.1) is 36.8 Å². The van der Waals surface area contributed by atoms with Crippen molar-refractivity contribution in [1.29, 1.82) is 0 Å². The average Bonchev–Trinajstić information content (AvgIpc) is 2.92. The maximum atomic E-state index is 13.6. The van der Waals surface area contributed by atoms with Crippen LogP contribution in [-0.2, 0) is 32.2 Å². The van der Waals surface area contributed by atoms with E-state index in [9.17, 15) is 23.6 Å². The summed E-state index contributed by atoms with van der Waals surface area (Å²) < 4.78 is 24.0. The Morgan fingerprint density at radius 1 is 0.974 bits per heavy atom. The predicted molar refractivity (Wildman–Crippen MR) is 140 cm³/mol. The van der Waals surface area contributed by atoms with Gasteiger partial charge in [-0.3, -0.25) is 19.2 Å². The number of esters is 1. The Balaban J connectivity index is 1.86. The van der Waals surface area contributed by atoms with Crippen LogP contribution in [0, 0.1) is 5.82 Å². The van der Waals surface area contributed by atoms with Crippen molar-refractivity contribution in [2.24, 2.45) is 0 Å². The Hall–Kier alpha value is -4.01. The van der Waals surface area contributed by atoms with E-state index in [1.807, 2.05) is 13.8 Å². The van der Waals surface area contributed by atoms with Crippen LogP contribution in [0.25, 0.3) is 11.0 Å². The van der Waals surface area contributed by atoms with E-state index in [-0.39, 0.29) is 62.0 Å². The Kier molecular flexibility index (Phi) is 10.2. The van der Waals surface area contributed by atoms with Gasteiger partial charge in [0.15, 0.2) is 5.43 Å². The molecule has 0 saturated heterocycles. The van der Waals surface area contributed by atoms with Gasteiger partial charge < -0.3 is 19.0 Å². The van der Waals surface area contributed by atoms with Crippen molar-refractivity contribution in [2.45, 2.75) is 59.2 Å². The van der Waals surface area contributed by atoms with E-state index in [0.717, 1.165) is 0 Å². The van der Waals surface area contributed by atoms with Crippen LogP contribution in [0.5, 0.6) is 0 Å². The third kappa shape index (κ3) is 7.50. The lowest BCUT2D eigenvalue weighted by molar-refractivity contribution is -0.147. The smallest absolute Gasteiger partial charge is 0.306 e. The average molecular weight is 525 g/mol. The van der Waals surface area contributed by atoms with Crippen molar-refractivity contribution in [3.8, 4) is 0 Å². The highest BCUT2D eigenvalue weighted by Crippen LogP contribution is 2.16. The number of ether oxygens (including phenoxy) is 1. The second kappa shape index (κ2) is 13.5. The Bertz CT molecular complexity index is 1320. The standard InChI is InChI=1S/C29H33FN2O6/c1-4-20(3)32(26(33)14-15-28(35)37-5-2)18-27(34)31(16-21-10-12-23(30)13-11-21)17-22-19-38-25-9-7-6-8-24(25)29(22)36/h6-13,19-20H,4-5,14-18H2,1-3H3. The van der Waals surface area contributed by atoms with E-state index in [1.54, 1.807) is 43.3 Å². The maximum absolute atomic E-state index is 13.6. The molecule has 1 unspecified atom stereocenters. The molecule has 0 aliphatic rings. The molecule has 3 aromatic rings. The zero-order valence-electron chi connectivity index (χ0n) is 21.9. The lowest BCUT2D eigenvalue weighted by atomic mass is 10.1. The molecule has 0 bridgehead atoms. The van der Waals surface area contributed by atoms with Crippen LogP contribution in [0.15, 0.2) is 64.0 Å². The molecule has 1 aromatic heterocycles. The number of benzene rings is 2. The van der Waals surface area contributed by atoms with Crippen molar-refractivity contribution in [1.82, 2.24) is 9.80 Å². The molecule has 0 spiro atoms. The van der Waals surface area contributed by atoms with Crippen LogP contribution in [0.4, 0.5) is 4.39 Å². The van der Waals surface area contributed by atoms with E-state index in [4.69, 9.17) is 9.15 Å². The van der Waals surface area contributed by atoms with E-state index in [0.29, 0.717) is 23.0 Å². The van der Waals surface area contributed by atoms with Crippen molar-refractivity contribution >= 4 is 28.8 Å². The monoisotopic (exact) mass is 524 g/mol. The van der Waals surface area contributed by atoms with Crippen LogP contribution in [-0.4, -0.2) is 46.8 Å². The highest BCUT2D eigenvalue weighted by Gasteiger charge is 2.26. The number of carbonyl (C=O) groups excluding carboxylic acids is 3. The normalized spacial score (nSPS) is 11.7. The Morgan fingerprint density at radius 3 is 2.37 bits per heavy atom. The second-order valence-electron chi connectivity index (χ2n) is 9.05. The highest BCUT2D eigenvalue weighted by molar-refractivity contribution is 5.87. The van der Waals surface area contributed by atoms with Gasteiger partial charge in [0, 0.05) is 19.0 Å². The van der Waals surface area contributed by atoms with Crippen LogP contribution in [0.3, 0.4) is 0 Å². The van der Waals surface area contributed by atoms with Gasteiger partial charge in [0.2, 0.25) is 11.8 Å². The number of amides is 2. The first-order valence-electron chi connectivity index (χ1n) is 12.7. The van der Waals surface area contributed by atoms with Crippen molar-refractivity contribution in [2.75, 3.05) is 13.2 Å². The molecular weight excluding hydrogens is 491 g/mol. The quantitative estimate of drug-likeness (QED) is 0.325. The fraction of sp³-hybridized carbons (Fsp3) is 0.379. The first-order chi connectivity index (χ1) is 18.2. The first-order valence-corrected chi connectivity index (χ1v) is 12.7. The van der Waals surface area contributed by atoms with Crippen molar-refractivity contribution < 1.29 is 27.9 Å². The molecule has 3 rings (SSSR count). The van der Waals surface area contributed by atoms with Gasteiger partial charge in [-0.05, 0) is 50.1 Å². The molecule has 202 valence electrons. The van der Waals surface area contributed by atoms with Crippen LogP contribution in [0.2, 0.25) is 0 Å². The van der Waals surface area contributed by atoms with Gasteiger partial charge in [-0.25, -0.2) is 4.39 Å². The summed E-state index contributed by atoms with van der Waals surface area (Å²) >= 11 is 0. The Labute approximate surface area is 221 Å². The highest BCUT2D eigenvalue weighted by atomic mass is 19.1. The van der Waals surface area contributed by atoms with Gasteiger partial charge in [-0.2, -0.15) is 0 Å². The SMILES string of the molecule is CCOC(=O)CCC(=O)N(CC(=O)N(Cc1ccc(F)cc1)Cc1coc2ccccc2c1=O)C(C)CC. The molecule has 0 aliphatic heterocycles. The summed E-state index contributed by atoms with van der Waals surface area (Å²) in [6.45, 7) is 5.44. The molecular formula is C29H33FN2O6. The minimum atomic E-state index is -0.475. The molecule has 2 amide bonds. The molecule has 9 heteroatoms. The number of fused-ring (bicyclic) bond motifs is 1. The van der Waals surface area contributed by atoms with Crippen molar-refractivity contribution in [3.05, 3.63) is 82.0 Å². The minimum absolute atomic E-state index is 0.0608. The zero-order chi connectivity index (χ0) is 27.7. The van der Waals surface area contributed by atoms with Gasteiger partial charge in [-0.15, -0.1) is 0 Å². The summed E-state index contributed by atoms with van der Waals surface area (Å²) in [6.07, 6.45) is 1.78. The second-order valence-corrected chi connectivity index (χ2v) is 9.05. The molecule has 0 aliphatic carbocycles. The fourth-order valence-electron chi connectivity index (χ4n) is 4.02. The molecule has 0 saturated carbocycles. The Morgan fingerprint density at radius 2 is 1.68 bits per heavy atom. The largest absolute Gasteiger partial charge is 0.466 e. The van der Waals surface area contributed by atoms with Crippen LogP contribution < -0.4 is 5.43 Å². The summed E-state index contributed by atoms with van der Waals surface area (Å²) in [7, 11) is 0. The molecule has 38 heavy (non-hydrogen) atoms. The number of halogens is 1. The van der Waals surface area contributed by atoms with Crippen LogP contribution >= 0.6 is 0 Å². The van der Waals surface area contributed by atoms with Crippen molar-refractivity contribution in [3.63, 3.8) is 0 Å². The maximum Gasteiger partial charge on any atom is 0.306 e. The zero-order valence-corrected chi connectivity index (χ0v) is 21.9. The van der Waals surface area contributed by atoms with Gasteiger partial charge in [0.1, 0.15) is 17.9 Å². The summed E-state index contributed by atoms with van der Waals surface area (Å²) in [6, 6.07) is 12.3. The number of nitrogens with zero attached hydrogens (tertiary/aromatic N) is 2. The van der Waals surface area contributed by atoms with Crippen LogP contribution in [0.1, 0.15) is 51.2 Å². The fourth-order valence-corrected chi connectivity index (χ4v) is 4.02. The summed E-state index contributed by atoms with van der Waals surface area (Å²) in [4.78, 5) is 54.4.